The van der Waals surface area contributed by atoms with Crippen molar-refractivity contribution in [2.75, 3.05) is 13.7 Å². The van der Waals surface area contributed by atoms with E-state index in [2.05, 4.69) is 0 Å². The first kappa shape index (κ1) is 13.3. The molecule has 2 atom stereocenters. The second-order valence-corrected chi connectivity index (χ2v) is 4.33. The van der Waals surface area contributed by atoms with Gasteiger partial charge in [-0.05, 0) is 13.0 Å². The highest BCUT2D eigenvalue weighted by Crippen LogP contribution is 2.38. The number of hydrogen-bond acceptors (Lipinski definition) is 3. The third-order valence-electron chi connectivity index (χ3n) is 2.78. The van der Waals surface area contributed by atoms with E-state index in [9.17, 15) is 0 Å². The topological polar surface area (TPSA) is 44.5 Å². The Balaban J connectivity index is 0.00000128. The largest absolute Gasteiger partial charge is 0.485 e. The molecule has 1 aliphatic rings. The van der Waals surface area contributed by atoms with E-state index in [0.717, 1.165) is 17.7 Å². The highest BCUT2D eigenvalue weighted by molar-refractivity contribution is 5.85. The Morgan fingerprint density at radius 1 is 1.50 bits per heavy atom. The van der Waals surface area contributed by atoms with E-state index in [4.69, 9.17) is 15.2 Å². The molecule has 2 N–H and O–H groups in total. The van der Waals surface area contributed by atoms with E-state index in [1.165, 1.54) is 0 Å². The van der Waals surface area contributed by atoms with Crippen molar-refractivity contribution in [3.05, 3.63) is 29.8 Å². The molecule has 90 valence electrons. The van der Waals surface area contributed by atoms with Crippen LogP contribution in [0.1, 0.15) is 24.9 Å². The van der Waals surface area contributed by atoms with Crippen molar-refractivity contribution in [2.24, 2.45) is 5.73 Å². The van der Waals surface area contributed by atoms with Gasteiger partial charge in [-0.3, -0.25) is 0 Å². The van der Waals surface area contributed by atoms with Crippen LogP contribution in [-0.4, -0.2) is 19.3 Å². The minimum absolute atomic E-state index is 0. The van der Waals surface area contributed by atoms with Gasteiger partial charge in [0.2, 0.25) is 0 Å². The van der Waals surface area contributed by atoms with Gasteiger partial charge < -0.3 is 15.2 Å². The van der Waals surface area contributed by atoms with Crippen LogP contribution in [0.3, 0.4) is 0 Å². The lowest BCUT2D eigenvalue weighted by molar-refractivity contribution is -0.0172. The predicted molar refractivity (Wildman–Crippen MR) is 66.1 cm³/mol. The Hall–Kier alpha value is -0.770. The number of hydrogen-bond donors (Lipinski definition) is 1. The Morgan fingerprint density at radius 2 is 2.19 bits per heavy atom. The molecule has 0 fully saturated rings. The number of benzene rings is 1. The Kier molecular flexibility index (Phi) is 4.19. The van der Waals surface area contributed by atoms with Crippen LogP contribution in [0.2, 0.25) is 0 Å². The zero-order chi connectivity index (χ0) is 10.9. The van der Waals surface area contributed by atoms with Gasteiger partial charge in [0.05, 0.1) is 6.61 Å². The summed E-state index contributed by atoms with van der Waals surface area (Å²) in [6.07, 6.45) is 0.790. The summed E-state index contributed by atoms with van der Waals surface area (Å²) in [5.41, 5.74) is 6.90. The lowest BCUT2D eigenvalue weighted by atomic mass is 9.89. The standard InChI is InChI=1S/C12H17NO2.ClH/c1-12(8-14-2)7-10(13)9-5-3-4-6-11(9)15-12;/h3-6,10H,7-8,13H2,1-2H3;1H/t10-,12?;/m1./s1. The number of rotatable bonds is 2. The highest BCUT2D eigenvalue weighted by atomic mass is 35.5. The number of methoxy groups -OCH3 is 1. The number of ether oxygens (including phenoxy) is 2. The molecule has 0 bridgehead atoms. The first-order valence-electron chi connectivity index (χ1n) is 5.17. The van der Waals surface area contributed by atoms with Crippen LogP contribution in [0.4, 0.5) is 0 Å². The number of fused-ring (bicyclic) bond motifs is 1. The fourth-order valence-electron chi connectivity index (χ4n) is 2.16. The monoisotopic (exact) mass is 243 g/mol. The molecule has 0 aliphatic carbocycles. The van der Waals surface area contributed by atoms with E-state index in [-0.39, 0.29) is 24.0 Å². The molecule has 1 aromatic carbocycles. The van der Waals surface area contributed by atoms with Gasteiger partial charge in [-0.1, -0.05) is 18.2 Å². The number of nitrogens with two attached hydrogens (primary N) is 1. The van der Waals surface area contributed by atoms with Crippen molar-refractivity contribution in [3.63, 3.8) is 0 Å². The third kappa shape index (κ3) is 2.48. The van der Waals surface area contributed by atoms with Crippen LogP contribution in [0, 0.1) is 0 Å². The normalized spacial score (nSPS) is 27.6. The summed E-state index contributed by atoms with van der Waals surface area (Å²) in [6, 6.07) is 7.97. The van der Waals surface area contributed by atoms with Crippen LogP contribution < -0.4 is 10.5 Å². The first-order chi connectivity index (χ1) is 7.14. The molecule has 1 aromatic rings. The SMILES string of the molecule is COCC1(C)C[C@@H](N)c2ccccc2O1.Cl. The van der Waals surface area contributed by atoms with Crippen LogP contribution in [0.15, 0.2) is 24.3 Å². The van der Waals surface area contributed by atoms with Crippen molar-refractivity contribution in [2.45, 2.75) is 25.0 Å². The maximum atomic E-state index is 6.12. The summed E-state index contributed by atoms with van der Waals surface area (Å²) in [4.78, 5) is 0. The smallest absolute Gasteiger partial charge is 0.131 e. The molecule has 0 aromatic heterocycles. The average molecular weight is 244 g/mol. The Bertz CT molecular complexity index is 359. The molecule has 4 heteroatoms. The molecular weight excluding hydrogens is 226 g/mol. The molecule has 1 heterocycles. The van der Waals surface area contributed by atoms with Crippen molar-refractivity contribution in [3.8, 4) is 5.75 Å². The van der Waals surface area contributed by atoms with Crippen molar-refractivity contribution in [1.82, 2.24) is 0 Å². The van der Waals surface area contributed by atoms with Gasteiger partial charge in [-0.2, -0.15) is 0 Å². The Morgan fingerprint density at radius 3 is 2.88 bits per heavy atom. The molecule has 0 saturated heterocycles. The van der Waals surface area contributed by atoms with Crippen molar-refractivity contribution in [1.29, 1.82) is 0 Å². The van der Waals surface area contributed by atoms with Gasteiger partial charge in [-0.15, -0.1) is 12.4 Å². The quantitative estimate of drug-likeness (QED) is 0.867. The van der Waals surface area contributed by atoms with E-state index in [1.807, 2.05) is 31.2 Å². The van der Waals surface area contributed by atoms with Crippen LogP contribution in [0.25, 0.3) is 0 Å². The maximum Gasteiger partial charge on any atom is 0.131 e. The van der Waals surface area contributed by atoms with Crippen molar-refractivity contribution >= 4 is 12.4 Å². The molecule has 2 rings (SSSR count). The van der Waals surface area contributed by atoms with E-state index >= 15 is 0 Å². The van der Waals surface area contributed by atoms with E-state index in [1.54, 1.807) is 7.11 Å². The summed E-state index contributed by atoms with van der Waals surface area (Å²) in [6.45, 7) is 2.60. The fourth-order valence-corrected chi connectivity index (χ4v) is 2.16. The highest BCUT2D eigenvalue weighted by Gasteiger charge is 2.35. The molecule has 3 nitrogen and oxygen atoms in total. The second kappa shape index (κ2) is 5.04. The summed E-state index contributed by atoms with van der Waals surface area (Å²) < 4.78 is 11.1. The predicted octanol–water partition coefficient (Wildman–Crippen LogP) is 2.30. The summed E-state index contributed by atoms with van der Waals surface area (Å²) in [7, 11) is 1.68. The van der Waals surface area contributed by atoms with Gasteiger partial charge in [0.15, 0.2) is 0 Å². The molecule has 1 aliphatic heterocycles. The minimum atomic E-state index is -0.303. The van der Waals surface area contributed by atoms with E-state index < -0.39 is 0 Å². The summed E-state index contributed by atoms with van der Waals surface area (Å²) in [5.74, 6) is 0.885. The summed E-state index contributed by atoms with van der Waals surface area (Å²) >= 11 is 0. The van der Waals surface area contributed by atoms with E-state index in [0.29, 0.717) is 6.61 Å². The van der Waals surface area contributed by atoms with Gasteiger partial charge >= 0.3 is 0 Å². The average Bonchev–Trinajstić information content (AvgIpc) is 2.17. The number of para-hydroxylation sites is 1. The van der Waals surface area contributed by atoms with Gasteiger partial charge in [-0.25, -0.2) is 0 Å². The zero-order valence-corrected chi connectivity index (χ0v) is 10.4. The molecule has 0 saturated carbocycles. The maximum absolute atomic E-state index is 6.12. The molecule has 0 radical (unpaired) electrons. The lowest BCUT2D eigenvalue weighted by Gasteiger charge is -2.38. The molecular formula is C12H18ClNO2. The lowest BCUT2D eigenvalue weighted by Crippen LogP contribution is -2.43. The second-order valence-electron chi connectivity index (χ2n) is 4.33. The molecule has 16 heavy (non-hydrogen) atoms. The summed E-state index contributed by atoms with van der Waals surface area (Å²) in [5, 5.41) is 0. The van der Waals surface area contributed by atoms with Crippen LogP contribution in [0.5, 0.6) is 5.75 Å². The minimum Gasteiger partial charge on any atom is -0.485 e. The van der Waals surface area contributed by atoms with Gasteiger partial charge in [0.1, 0.15) is 11.4 Å². The van der Waals surface area contributed by atoms with Crippen LogP contribution >= 0.6 is 12.4 Å². The van der Waals surface area contributed by atoms with Crippen LogP contribution in [-0.2, 0) is 4.74 Å². The number of halogens is 1. The molecule has 0 spiro atoms. The third-order valence-corrected chi connectivity index (χ3v) is 2.78. The van der Waals surface area contributed by atoms with Gasteiger partial charge in [0, 0.05) is 25.1 Å². The fraction of sp³-hybridized carbons (Fsp3) is 0.500. The zero-order valence-electron chi connectivity index (χ0n) is 9.60. The van der Waals surface area contributed by atoms with Gasteiger partial charge in [0.25, 0.3) is 0 Å². The first-order valence-corrected chi connectivity index (χ1v) is 5.17. The molecule has 0 amide bonds. The Labute approximate surface area is 102 Å². The van der Waals surface area contributed by atoms with Crippen molar-refractivity contribution < 1.29 is 9.47 Å². The molecule has 1 unspecified atom stereocenters.